The van der Waals surface area contributed by atoms with Gasteiger partial charge in [-0.25, -0.2) is 4.79 Å². The summed E-state index contributed by atoms with van der Waals surface area (Å²) in [5, 5.41) is 0.600. The lowest BCUT2D eigenvalue weighted by atomic mass is 9.96. The molecule has 3 rings (SSSR count). The highest BCUT2D eigenvalue weighted by atomic mass is 35.5. The fraction of sp³-hybridized carbons (Fsp3) is 0.346. The van der Waals surface area contributed by atoms with Crippen LogP contribution in [-0.2, 0) is 20.5 Å². The van der Waals surface area contributed by atoms with Crippen LogP contribution in [0.3, 0.4) is 0 Å². The average Bonchev–Trinajstić information content (AvgIpc) is 2.83. The number of aromatic nitrogens is 2. The minimum atomic E-state index is -4.86. The molecule has 3 aromatic rings. The molecule has 1 aromatic heterocycles. The van der Waals surface area contributed by atoms with E-state index in [0.717, 1.165) is 22.3 Å². The Kier molecular flexibility index (Phi) is 8.85. The number of benzene rings is 2. The van der Waals surface area contributed by atoms with Crippen molar-refractivity contribution in [2.24, 2.45) is 25.0 Å². The van der Waals surface area contributed by atoms with E-state index in [9.17, 15) is 22.8 Å². The van der Waals surface area contributed by atoms with E-state index in [1.54, 1.807) is 13.0 Å². The second-order valence-corrected chi connectivity index (χ2v) is 8.94. The molecule has 0 saturated carbocycles. The van der Waals surface area contributed by atoms with E-state index < -0.39 is 23.4 Å². The molecular formula is C26H27ClF3N3O4. The molecule has 0 bridgehead atoms. The number of hydrogen-bond acceptors (Lipinski definition) is 5. The van der Waals surface area contributed by atoms with Gasteiger partial charge >= 0.3 is 12.1 Å². The second-order valence-electron chi connectivity index (χ2n) is 8.50. The molecule has 198 valence electrons. The van der Waals surface area contributed by atoms with Crippen LogP contribution in [0.15, 0.2) is 63.1 Å². The summed E-state index contributed by atoms with van der Waals surface area (Å²) < 4.78 is 50.4. The fourth-order valence-corrected chi connectivity index (χ4v) is 4.07. The first-order chi connectivity index (χ1) is 17.4. The van der Waals surface area contributed by atoms with Gasteiger partial charge < -0.3 is 9.47 Å². The normalized spacial score (nSPS) is 12.9. The molecule has 1 heterocycles. The van der Waals surface area contributed by atoms with Crippen molar-refractivity contribution in [1.29, 1.82) is 0 Å². The van der Waals surface area contributed by atoms with Crippen molar-refractivity contribution in [3.05, 3.63) is 85.5 Å². The Labute approximate surface area is 216 Å². The quantitative estimate of drug-likeness (QED) is 0.272. The maximum atomic E-state index is 12.7. The standard InChI is InChI=1S/C26H27ClF3N3O4/c1-5-18(13-12-17-8-6-9-19(27)14-17)23(31-22-16(2)24(34)33(4)25(35)32(22)3)36-20-10-7-11-21(15-20)37-26(28,29)30/h6-11,14-15,18H,5,12-13H2,1-4H3. The zero-order valence-electron chi connectivity index (χ0n) is 20.8. The molecular weight excluding hydrogens is 511 g/mol. The van der Waals surface area contributed by atoms with E-state index in [1.165, 1.54) is 30.8 Å². The zero-order valence-corrected chi connectivity index (χ0v) is 21.6. The van der Waals surface area contributed by atoms with Crippen LogP contribution in [0.2, 0.25) is 5.02 Å². The molecule has 7 nitrogen and oxygen atoms in total. The average molecular weight is 538 g/mol. The highest BCUT2D eigenvalue weighted by Crippen LogP contribution is 2.28. The Bertz CT molecular complexity index is 1380. The van der Waals surface area contributed by atoms with Gasteiger partial charge in [-0.1, -0.05) is 36.7 Å². The summed E-state index contributed by atoms with van der Waals surface area (Å²) in [5.74, 6) is -0.432. The number of hydrogen-bond donors (Lipinski definition) is 0. The van der Waals surface area contributed by atoms with Crippen molar-refractivity contribution in [2.75, 3.05) is 0 Å². The third kappa shape index (κ3) is 7.25. The largest absolute Gasteiger partial charge is 0.573 e. The van der Waals surface area contributed by atoms with Gasteiger partial charge in [0.25, 0.3) is 5.56 Å². The van der Waals surface area contributed by atoms with Gasteiger partial charge in [0.15, 0.2) is 5.90 Å². The van der Waals surface area contributed by atoms with Crippen LogP contribution in [0, 0.1) is 12.8 Å². The monoisotopic (exact) mass is 537 g/mol. The summed E-state index contributed by atoms with van der Waals surface area (Å²) in [6.45, 7) is 3.46. The van der Waals surface area contributed by atoms with Crippen LogP contribution in [0.1, 0.15) is 30.9 Å². The molecule has 0 radical (unpaired) electrons. The first kappa shape index (κ1) is 28.0. The van der Waals surface area contributed by atoms with E-state index in [0.29, 0.717) is 24.3 Å². The topological polar surface area (TPSA) is 74.8 Å². The van der Waals surface area contributed by atoms with Crippen LogP contribution in [0.25, 0.3) is 0 Å². The summed E-state index contributed by atoms with van der Waals surface area (Å²) in [4.78, 5) is 29.7. The molecule has 0 fully saturated rings. The van der Waals surface area contributed by atoms with Gasteiger partial charge in [-0.2, -0.15) is 4.99 Å². The van der Waals surface area contributed by atoms with Crippen molar-refractivity contribution < 1.29 is 22.6 Å². The van der Waals surface area contributed by atoms with Crippen LogP contribution < -0.4 is 20.7 Å². The van der Waals surface area contributed by atoms with Gasteiger partial charge in [-0.15, -0.1) is 13.2 Å². The van der Waals surface area contributed by atoms with Crippen molar-refractivity contribution in [3.8, 4) is 11.5 Å². The SMILES string of the molecule is CCC(CCc1cccc(Cl)c1)C(=Nc1c(C)c(=O)n(C)c(=O)n1C)Oc1cccc(OC(F)(F)F)c1. The van der Waals surface area contributed by atoms with Crippen LogP contribution in [0.5, 0.6) is 11.5 Å². The zero-order chi connectivity index (χ0) is 27.3. The van der Waals surface area contributed by atoms with E-state index >= 15 is 0 Å². The van der Waals surface area contributed by atoms with Gasteiger partial charge in [0.2, 0.25) is 0 Å². The first-order valence-corrected chi connectivity index (χ1v) is 11.9. The molecule has 0 aliphatic heterocycles. The highest BCUT2D eigenvalue weighted by molar-refractivity contribution is 6.30. The number of aliphatic imine (C=N–C) groups is 1. The molecule has 0 aliphatic rings. The molecule has 0 amide bonds. The Hall–Kier alpha value is -3.53. The predicted octanol–water partition coefficient (Wildman–Crippen LogP) is 5.71. The number of alkyl halides is 3. The van der Waals surface area contributed by atoms with E-state index in [2.05, 4.69) is 9.73 Å². The van der Waals surface area contributed by atoms with Crippen LogP contribution in [-0.4, -0.2) is 21.4 Å². The molecule has 0 aliphatic carbocycles. The minimum Gasteiger partial charge on any atom is -0.442 e. The Morgan fingerprint density at radius 1 is 1.05 bits per heavy atom. The smallest absolute Gasteiger partial charge is 0.442 e. The van der Waals surface area contributed by atoms with Crippen LogP contribution in [0.4, 0.5) is 19.0 Å². The third-order valence-corrected chi connectivity index (χ3v) is 6.08. The molecule has 0 saturated heterocycles. The molecule has 1 atom stereocenters. The highest BCUT2D eigenvalue weighted by Gasteiger charge is 2.31. The van der Waals surface area contributed by atoms with Gasteiger partial charge in [-0.3, -0.25) is 13.9 Å². The lowest BCUT2D eigenvalue weighted by Gasteiger charge is -2.20. The molecule has 0 N–H and O–H groups in total. The lowest BCUT2D eigenvalue weighted by Crippen LogP contribution is -2.38. The second kappa shape index (κ2) is 11.7. The van der Waals surface area contributed by atoms with Gasteiger partial charge in [0.1, 0.15) is 17.3 Å². The van der Waals surface area contributed by atoms with Crippen molar-refractivity contribution >= 4 is 23.3 Å². The van der Waals surface area contributed by atoms with Gasteiger partial charge in [0.05, 0.1) is 5.56 Å². The maximum Gasteiger partial charge on any atom is 0.573 e. The van der Waals surface area contributed by atoms with Crippen LogP contribution >= 0.6 is 11.6 Å². The number of rotatable bonds is 8. The minimum absolute atomic E-state index is 0.0631. The van der Waals surface area contributed by atoms with E-state index in [-0.39, 0.29) is 28.9 Å². The first-order valence-electron chi connectivity index (χ1n) is 11.5. The fourth-order valence-electron chi connectivity index (χ4n) is 3.85. The molecule has 11 heteroatoms. The lowest BCUT2D eigenvalue weighted by molar-refractivity contribution is -0.274. The molecule has 0 spiro atoms. The van der Waals surface area contributed by atoms with Crippen molar-refractivity contribution in [2.45, 2.75) is 39.5 Å². The Balaban J connectivity index is 2.05. The summed E-state index contributed by atoms with van der Waals surface area (Å²) in [6, 6.07) is 12.5. The molecule has 1 unspecified atom stereocenters. The predicted molar refractivity (Wildman–Crippen MR) is 136 cm³/mol. The van der Waals surface area contributed by atoms with Gasteiger partial charge in [0, 0.05) is 31.1 Å². The van der Waals surface area contributed by atoms with E-state index in [4.69, 9.17) is 16.3 Å². The summed E-state index contributed by atoms with van der Waals surface area (Å²) in [7, 11) is 2.85. The van der Waals surface area contributed by atoms with Crippen molar-refractivity contribution in [3.63, 3.8) is 0 Å². The molecule has 37 heavy (non-hydrogen) atoms. The summed E-state index contributed by atoms with van der Waals surface area (Å²) in [5.41, 5.74) is 0.141. The Morgan fingerprint density at radius 2 is 1.73 bits per heavy atom. The van der Waals surface area contributed by atoms with E-state index in [1.807, 2.05) is 25.1 Å². The van der Waals surface area contributed by atoms with Crippen molar-refractivity contribution in [1.82, 2.24) is 9.13 Å². The van der Waals surface area contributed by atoms with Gasteiger partial charge in [-0.05, 0) is 56.0 Å². The number of ether oxygens (including phenoxy) is 2. The Morgan fingerprint density at radius 3 is 2.38 bits per heavy atom. The number of halogens is 4. The number of nitrogens with zero attached hydrogens (tertiary/aromatic N) is 3. The summed E-state index contributed by atoms with van der Waals surface area (Å²) >= 11 is 6.10. The molecule has 2 aromatic carbocycles. The third-order valence-electron chi connectivity index (χ3n) is 5.84. The maximum absolute atomic E-state index is 12.7. The number of aryl methyl sites for hydroxylation is 1. The summed E-state index contributed by atoms with van der Waals surface area (Å²) in [6.07, 6.45) is -3.12.